The second kappa shape index (κ2) is 5.62. The van der Waals surface area contributed by atoms with Crippen molar-refractivity contribution in [2.45, 2.75) is 33.1 Å². The van der Waals surface area contributed by atoms with E-state index in [2.05, 4.69) is 0 Å². The van der Waals surface area contributed by atoms with Crippen molar-refractivity contribution in [2.75, 3.05) is 7.11 Å². The highest BCUT2D eigenvalue weighted by Gasteiger charge is 2.30. The number of primary amides is 1. The minimum Gasteiger partial charge on any atom is -0.492 e. The third kappa shape index (κ3) is 2.67. The Morgan fingerprint density at radius 2 is 1.78 bits per heavy atom. The summed E-state index contributed by atoms with van der Waals surface area (Å²) in [7, 11) is 1.37. The van der Waals surface area contributed by atoms with E-state index in [4.69, 9.17) is 10.5 Å². The predicted molar refractivity (Wildman–Crippen MR) is 65.5 cm³/mol. The molecule has 0 bridgehead atoms. The van der Waals surface area contributed by atoms with Crippen LogP contribution in [0.5, 0.6) is 0 Å². The Kier molecular flexibility index (Phi) is 4.42. The lowest BCUT2D eigenvalue weighted by atomic mass is 9.87. The van der Waals surface area contributed by atoms with Gasteiger partial charge in [0.2, 0.25) is 11.7 Å². The van der Waals surface area contributed by atoms with E-state index in [0.717, 1.165) is 0 Å². The van der Waals surface area contributed by atoms with Gasteiger partial charge in [0, 0.05) is 23.1 Å². The summed E-state index contributed by atoms with van der Waals surface area (Å²) in [5, 5.41) is 0. The van der Waals surface area contributed by atoms with E-state index in [0.29, 0.717) is 29.6 Å². The smallest absolute Gasteiger partial charge is 0.224 e. The Morgan fingerprint density at radius 3 is 2.28 bits per heavy atom. The molecular weight excluding hydrogens is 234 g/mol. The van der Waals surface area contributed by atoms with E-state index in [9.17, 15) is 14.4 Å². The third-order valence-electron chi connectivity index (χ3n) is 3.01. The number of nitrogens with two attached hydrogens (primary N) is 1. The third-order valence-corrected chi connectivity index (χ3v) is 3.01. The van der Waals surface area contributed by atoms with E-state index in [1.54, 1.807) is 13.8 Å². The molecule has 0 aromatic carbocycles. The number of ketones is 2. The Bertz CT molecular complexity index is 471. The highest BCUT2D eigenvalue weighted by Crippen LogP contribution is 2.27. The molecule has 5 heteroatoms. The van der Waals surface area contributed by atoms with Crippen LogP contribution in [0.25, 0.3) is 0 Å². The van der Waals surface area contributed by atoms with Crippen LogP contribution in [-0.2, 0) is 19.1 Å². The number of carbonyl (C=O) groups is 3. The van der Waals surface area contributed by atoms with Crippen LogP contribution < -0.4 is 5.73 Å². The molecule has 0 atom stereocenters. The zero-order valence-corrected chi connectivity index (χ0v) is 10.8. The van der Waals surface area contributed by atoms with Gasteiger partial charge in [-0.2, -0.15) is 0 Å². The maximum Gasteiger partial charge on any atom is 0.224 e. The average Bonchev–Trinajstić information content (AvgIpc) is 2.31. The molecule has 0 fully saturated rings. The minimum atomic E-state index is -0.415. The number of carbonyl (C=O) groups excluding carboxylic acids is 3. The van der Waals surface area contributed by atoms with Crippen molar-refractivity contribution in [3.63, 3.8) is 0 Å². The van der Waals surface area contributed by atoms with E-state index in [1.807, 2.05) is 0 Å². The molecule has 5 nitrogen and oxygen atoms in total. The maximum absolute atomic E-state index is 12.1. The summed E-state index contributed by atoms with van der Waals surface area (Å²) < 4.78 is 4.98. The molecule has 18 heavy (non-hydrogen) atoms. The fraction of sp³-hybridized carbons (Fsp3) is 0.462. The summed E-state index contributed by atoms with van der Waals surface area (Å²) in [6.07, 6.45) is 1.01. The molecule has 0 aromatic rings. The van der Waals surface area contributed by atoms with E-state index in [-0.39, 0.29) is 23.7 Å². The quantitative estimate of drug-likeness (QED) is 0.739. The number of methoxy groups -OCH3 is 1. The summed E-state index contributed by atoms with van der Waals surface area (Å²) in [4.78, 5) is 34.7. The number of hydrogen-bond acceptors (Lipinski definition) is 4. The summed E-state index contributed by atoms with van der Waals surface area (Å²) in [5.74, 6) is -0.765. The van der Waals surface area contributed by atoms with Crippen molar-refractivity contribution >= 4 is 17.5 Å². The molecule has 98 valence electrons. The van der Waals surface area contributed by atoms with Crippen LogP contribution in [0.2, 0.25) is 0 Å². The Labute approximate surface area is 106 Å². The highest BCUT2D eigenvalue weighted by molar-refractivity contribution is 6.23. The van der Waals surface area contributed by atoms with Gasteiger partial charge in [0.25, 0.3) is 0 Å². The topological polar surface area (TPSA) is 86.5 Å². The molecule has 0 unspecified atom stereocenters. The maximum atomic E-state index is 12.1. The summed E-state index contributed by atoms with van der Waals surface area (Å²) in [6, 6.07) is 0. The van der Waals surface area contributed by atoms with Gasteiger partial charge in [-0.15, -0.1) is 0 Å². The summed E-state index contributed by atoms with van der Waals surface area (Å²) in [6.45, 7) is 3.19. The fourth-order valence-corrected chi connectivity index (χ4v) is 1.99. The molecular formula is C13H17NO4. The molecule has 0 saturated heterocycles. The number of ether oxygens (including phenoxy) is 1. The second-order valence-electron chi connectivity index (χ2n) is 4.24. The van der Waals surface area contributed by atoms with E-state index in [1.165, 1.54) is 7.11 Å². The fourth-order valence-electron chi connectivity index (χ4n) is 1.99. The first-order valence-corrected chi connectivity index (χ1v) is 5.72. The van der Waals surface area contributed by atoms with Crippen molar-refractivity contribution < 1.29 is 19.1 Å². The van der Waals surface area contributed by atoms with Crippen LogP contribution in [0.1, 0.15) is 33.1 Å². The first-order chi connectivity index (χ1) is 8.40. The van der Waals surface area contributed by atoms with Crippen LogP contribution in [0, 0.1) is 0 Å². The van der Waals surface area contributed by atoms with Crippen molar-refractivity contribution in [3.05, 3.63) is 22.5 Å². The first kappa shape index (κ1) is 14.2. The molecule has 0 spiro atoms. The lowest BCUT2D eigenvalue weighted by Gasteiger charge is -2.19. The zero-order valence-electron chi connectivity index (χ0n) is 10.8. The Morgan fingerprint density at radius 1 is 1.17 bits per heavy atom. The predicted octanol–water partition coefficient (Wildman–Crippen LogP) is 1.03. The molecule has 0 aromatic heterocycles. The van der Waals surface area contributed by atoms with Crippen molar-refractivity contribution in [1.29, 1.82) is 0 Å². The van der Waals surface area contributed by atoms with E-state index < -0.39 is 5.91 Å². The molecule has 1 rings (SSSR count). The lowest BCUT2D eigenvalue weighted by Crippen LogP contribution is -2.23. The number of rotatable bonds is 5. The number of Topliss-reactive ketones (excluding diaryl/α,β-unsaturated/α-hetero) is 2. The monoisotopic (exact) mass is 251 g/mol. The molecule has 1 amide bonds. The molecule has 0 heterocycles. The van der Waals surface area contributed by atoms with Crippen LogP contribution in [0.3, 0.4) is 0 Å². The molecule has 2 N–H and O–H groups in total. The lowest BCUT2D eigenvalue weighted by molar-refractivity contribution is -0.119. The Balaban J connectivity index is 2.93. The largest absolute Gasteiger partial charge is 0.492 e. The van der Waals surface area contributed by atoms with Gasteiger partial charge < -0.3 is 10.5 Å². The van der Waals surface area contributed by atoms with Gasteiger partial charge in [-0.3, -0.25) is 14.4 Å². The standard InChI is InChI=1S/C13H17NO4/c1-7-9(5-4-6-10(14)15)12(17)13(18-3)8(2)11(7)16/h4-6H2,1-3H3,(H2,14,15). The van der Waals surface area contributed by atoms with Gasteiger partial charge in [-0.25, -0.2) is 0 Å². The first-order valence-electron chi connectivity index (χ1n) is 5.72. The van der Waals surface area contributed by atoms with Gasteiger partial charge in [0.05, 0.1) is 7.11 Å². The molecule has 0 radical (unpaired) electrons. The van der Waals surface area contributed by atoms with Crippen LogP contribution >= 0.6 is 0 Å². The minimum absolute atomic E-state index is 0.0969. The highest BCUT2D eigenvalue weighted by atomic mass is 16.5. The van der Waals surface area contributed by atoms with Gasteiger partial charge in [-0.05, 0) is 26.7 Å². The number of allylic oxidation sites excluding steroid dienone is 3. The van der Waals surface area contributed by atoms with Crippen LogP contribution in [-0.4, -0.2) is 24.6 Å². The van der Waals surface area contributed by atoms with Crippen molar-refractivity contribution in [3.8, 4) is 0 Å². The number of amides is 1. The van der Waals surface area contributed by atoms with Crippen molar-refractivity contribution in [1.82, 2.24) is 0 Å². The van der Waals surface area contributed by atoms with Crippen molar-refractivity contribution in [2.24, 2.45) is 5.73 Å². The SMILES string of the molecule is COC1=C(C)C(=O)C(C)=C(CCCC(N)=O)C1=O. The summed E-state index contributed by atoms with van der Waals surface area (Å²) in [5.41, 5.74) is 6.22. The summed E-state index contributed by atoms with van der Waals surface area (Å²) >= 11 is 0. The average molecular weight is 251 g/mol. The second-order valence-corrected chi connectivity index (χ2v) is 4.24. The van der Waals surface area contributed by atoms with E-state index >= 15 is 0 Å². The van der Waals surface area contributed by atoms with Gasteiger partial charge in [0.1, 0.15) is 0 Å². The molecule has 0 aliphatic heterocycles. The van der Waals surface area contributed by atoms with Crippen LogP contribution in [0.15, 0.2) is 22.5 Å². The normalized spacial score (nSPS) is 16.4. The Hall–Kier alpha value is -1.91. The van der Waals surface area contributed by atoms with Crippen LogP contribution in [0.4, 0.5) is 0 Å². The zero-order chi connectivity index (χ0) is 13.9. The molecule has 1 aliphatic carbocycles. The molecule has 1 aliphatic rings. The van der Waals surface area contributed by atoms with Gasteiger partial charge in [-0.1, -0.05) is 0 Å². The van der Waals surface area contributed by atoms with Gasteiger partial charge >= 0.3 is 0 Å². The number of hydrogen-bond donors (Lipinski definition) is 1. The molecule has 0 saturated carbocycles. The van der Waals surface area contributed by atoms with Gasteiger partial charge in [0.15, 0.2) is 11.5 Å².